The van der Waals surface area contributed by atoms with Crippen LogP contribution in [0.25, 0.3) is 5.69 Å². The second-order valence-corrected chi connectivity index (χ2v) is 4.30. The van der Waals surface area contributed by atoms with Crippen LogP contribution in [0, 0.1) is 13.8 Å². The predicted octanol–water partition coefficient (Wildman–Crippen LogP) is 2.25. The molecule has 0 saturated carbocycles. The second-order valence-electron chi connectivity index (χ2n) is 4.30. The molecule has 0 amide bonds. The van der Waals surface area contributed by atoms with Crippen molar-refractivity contribution < 1.29 is 9.53 Å². The number of carbonyl (C=O) groups excluding carboxylic acids is 1. The summed E-state index contributed by atoms with van der Waals surface area (Å²) >= 11 is 0. The van der Waals surface area contributed by atoms with Crippen LogP contribution >= 0.6 is 0 Å². The Morgan fingerprint density at radius 2 is 2.16 bits per heavy atom. The summed E-state index contributed by atoms with van der Waals surface area (Å²) in [4.78, 5) is 11.8. The first-order valence-electron chi connectivity index (χ1n) is 6.13. The van der Waals surface area contributed by atoms with Gasteiger partial charge in [-0.2, -0.15) is 5.10 Å². The maximum atomic E-state index is 11.8. The number of aryl methyl sites for hydroxylation is 2. The fourth-order valence-electron chi connectivity index (χ4n) is 2.00. The Balaban J connectivity index is 2.51. The summed E-state index contributed by atoms with van der Waals surface area (Å²) < 4.78 is 6.72. The van der Waals surface area contributed by atoms with Crippen molar-refractivity contribution in [1.29, 1.82) is 0 Å². The van der Waals surface area contributed by atoms with E-state index in [0.29, 0.717) is 23.5 Å². The van der Waals surface area contributed by atoms with Crippen LogP contribution in [0.1, 0.15) is 28.7 Å². The number of para-hydroxylation sites is 1. The number of nitrogens with two attached hydrogens (primary N) is 1. The number of esters is 1. The fraction of sp³-hybridized carbons (Fsp3) is 0.286. The van der Waals surface area contributed by atoms with Crippen LogP contribution < -0.4 is 5.73 Å². The number of nitrogen functional groups attached to an aromatic ring is 1. The summed E-state index contributed by atoms with van der Waals surface area (Å²) in [5.74, 6) is -0.414. The average Bonchev–Trinajstić information content (AvgIpc) is 2.69. The highest BCUT2D eigenvalue weighted by Gasteiger charge is 2.15. The lowest BCUT2D eigenvalue weighted by atomic mass is 10.1. The highest BCUT2D eigenvalue weighted by molar-refractivity contribution is 5.97. The molecule has 2 rings (SSSR count). The molecule has 0 saturated heterocycles. The topological polar surface area (TPSA) is 70.1 Å². The molecule has 1 aromatic carbocycles. The van der Waals surface area contributed by atoms with Gasteiger partial charge in [-0.3, -0.25) is 0 Å². The Morgan fingerprint density at radius 3 is 2.74 bits per heavy atom. The minimum atomic E-state index is -0.414. The molecule has 0 unspecified atom stereocenters. The Labute approximate surface area is 112 Å². The van der Waals surface area contributed by atoms with Gasteiger partial charge in [0.1, 0.15) is 0 Å². The van der Waals surface area contributed by atoms with E-state index >= 15 is 0 Å². The third kappa shape index (κ3) is 2.45. The van der Waals surface area contributed by atoms with Crippen molar-refractivity contribution in [3.05, 3.63) is 41.2 Å². The molecule has 0 radical (unpaired) electrons. The molecular weight excluding hydrogens is 242 g/mol. The number of ether oxygens (including phenoxy) is 1. The van der Waals surface area contributed by atoms with Gasteiger partial charge in [0.05, 0.1) is 29.2 Å². The van der Waals surface area contributed by atoms with Crippen molar-refractivity contribution in [3.63, 3.8) is 0 Å². The van der Waals surface area contributed by atoms with Gasteiger partial charge in [-0.05, 0) is 39.0 Å². The van der Waals surface area contributed by atoms with Gasteiger partial charge in [0, 0.05) is 5.69 Å². The van der Waals surface area contributed by atoms with Crippen LogP contribution in [0.3, 0.4) is 0 Å². The predicted molar refractivity (Wildman–Crippen MR) is 73.4 cm³/mol. The summed E-state index contributed by atoms with van der Waals surface area (Å²) in [6.45, 7) is 5.94. The average molecular weight is 259 g/mol. The van der Waals surface area contributed by atoms with Crippen LogP contribution in [0.5, 0.6) is 0 Å². The molecule has 0 atom stereocenters. The van der Waals surface area contributed by atoms with Crippen molar-refractivity contribution in [2.75, 3.05) is 12.3 Å². The molecule has 0 aliphatic rings. The Bertz CT molecular complexity index is 617. The molecule has 0 aliphatic heterocycles. The summed E-state index contributed by atoms with van der Waals surface area (Å²) in [7, 11) is 0. The number of benzene rings is 1. The molecule has 0 spiro atoms. The van der Waals surface area contributed by atoms with Crippen LogP contribution in [-0.4, -0.2) is 22.4 Å². The lowest BCUT2D eigenvalue weighted by molar-refractivity contribution is 0.0527. The van der Waals surface area contributed by atoms with Gasteiger partial charge >= 0.3 is 5.97 Å². The number of hydrogen-bond acceptors (Lipinski definition) is 4. The van der Waals surface area contributed by atoms with Crippen LogP contribution in [0.15, 0.2) is 24.3 Å². The smallest absolute Gasteiger partial charge is 0.340 e. The molecule has 2 aromatic rings. The first kappa shape index (κ1) is 13.1. The third-order valence-electron chi connectivity index (χ3n) is 2.82. The van der Waals surface area contributed by atoms with Gasteiger partial charge in [-0.15, -0.1) is 0 Å². The first-order valence-corrected chi connectivity index (χ1v) is 6.13. The molecule has 2 N–H and O–H groups in total. The van der Waals surface area contributed by atoms with Crippen molar-refractivity contribution >= 4 is 11.7 Å². The van der Waals surface area contributed by atoms with E-state index in [1.165, 1.54) is 0 Å². The first-order chi connectivity index (χ1) is 9.04. The minimum Gasteiger partial charge on any atom is -0.462 e. The van der Waals surface area contributed by atoms with E-state index in [1.54, 1.807) is 23.7 Å². The monoisotopic (exact) mass is 259 g/mol. The van der Waals surface area contributed by atoms with E-state index in [9.17, 15) is 4.79 Å². The van der Waals surface area contributed by atoms with E-state index in [4.69, 9.17) is 10.5 Å². The van der Waals surface area contributed by atoms with E-state index in [0.717, 1.165) is 11.4 Å². The molecule has 0 fully saturated rings. The lowest BCUT2D eigenvalue weighted by Crippen LogP contribution is -2.11. The van der Waals surface area contributed by atoms with Gasteiger partial charge in [0.15, 0.2) is 0 Å². The maximum absolute atomic E-state index is 11.8. The molecule has 5 nitrogen and oxygen atoms in total. The normalized spacial score (nSPS) is 10.5. The molecule has 1 heterocycles. The Hall–Kier alpha value is -2.30. The van der Waals surface area contributed by atoms with Gasteiger partial charge in [-0.1, -0.05) is 6.07 Å². The van der Waals surface area contributed by atoms with Crippen molar-refractivity contribution in [1.82, 2.24) is 9.78 Å². The molecular formula is C14H17N3O2. The SMILES string of the molecule is CCOC(=O)c1cccc(-n2nc(C)cc2C)c1N. The van der Waals surface area contributed by atoms with Crippen LogP contribution in [0.2, 0.25) is 0 Å². The van der Waals surface area contributed by atoms with Crippen molar-refractivity contribution in [2.45, 2.75) is 20.8 Å². The van der Waals surface area contributed by atoms with Crippen molar-refractivity contribution in [2.24, 2.45) is 0 Å². The number of rotatable bonds is 3. The summed E-state index contributed by atoms with van der Waals surface area (Å²) in [5.41, 5.74) is 9.37. The maximum Gasteiger partial charge on any atom is 0.340 e. The van der Waals surface area contributed by atoms with Gasteiger partial charge in [0.2, 0.25) is 0 Å². The zero-order valence-corrected chi connectivity index (χ0v) is 11.3. The second kappa shape index (κ2) is 5.14. The van der Waals surface area contributed by atoms with E-state index in [2.05, 4.69) is 5.10 Å². The molecule has 0 aliphatic carbocycles. The standard InChI is InChI=1S/C14H17N3O2/c1-4-19-14(18)11-6-5-7-12(13(11)15)17-10(3)8-9(2)16-17/h5-8H,4,15H2,1-3H3. The third-order valence-corrected chi connectivity index (χ3v) is 2.82. The zero-order valence-electron chi connectivity index (χ0n) is 11.3. The fourth-order valence-corrected chi connectivity index (χ4v) is 2.00. The number of aromatic nitrogens is 2. The van der Waals surface area contributed by atoms with Gasteiger partial charge in [0.25, 0.3) is 0 Å². The van der Waals surface area contributed by atoms with Gasteiger partial charge < -0.3 is 10.5 Å². The van der Waals surface area contributed by atoms with E-state index in [-0.39, 0.29) is 0 Å². The van der Waals surface area contributed by atoms with Crippen LogP contribution in [-0.2, 0) is 4.74 Å². The highest BCUT2D eigenvalue weighted by atomic mass is 16.5. The summed E-state index contributed by atoms with van der Waals surface area (Å²) in [6.07, 6.45) is 0. The van der Waals surface area contributed by atoms with Crippen molar-refractivity contribution in [3.8, 4) is 5.69 Å². The highest BCUT2D eigenvalue weighted by Crippen LogP contribution is 2.23. The van der Waals surface area contributed by atoms with Gasteiger partial charge in [-0.25, -0.2) is 9.48 Å². The molecule has 1 aromatic heterocycles. The summed E-state index contributed by atoms with van der Waals surface area (Å²) in [6, 6.07) is 7.21. The molecule has 0 bridgehead atoms. The van der Waals surface area contributed by atoms with Crippen LogP contribution in [0.4, 0.5) is 5.69 Å². The largest absolute Gasteiger partial charge is 0.462 e. The summed E-state index contributed by atoms with van der Waals surface area (Å²) in [5, 5.41) is 4.37. The number of carbonyl (C=O) groups is 1. The number of anilines is 1. The number of nitrogens with zero attached hydrogens (tertiary/aromatic N) is 2. The Morgan fingerprint density at radius 1 is 1.42 bits per heavy atom. The Kier molecular flexibility index (Phi) is 3.55. The molecule has 19 heavy (non-hydrogen) atoms. The molecule has 5 heteroatoms. The molecule has 100 valence electrons. The zero-order chi connectivity index (χ0) is 14.0. The number of hydrogen-bond donors (Lipinski definition) is 1. The van der Waals surface area contributed by atoms with E-state index < -0.39 is 5.97 Å². The quantitative estimate of drug-likeness (QED) is 0.678. The van der Waals surface area contributed by atoms with E-state index in [1.807, 2.05) is 26.0 Å². The minimum absolute atomic E-state index is 0.322. The lowest BCUT2D eigenvalue weighted by Gasteiger charge is -2.11.